The van der Waals surface area contributed by atoms with Gasteiger partial charge in [0.15, 0.2) is 10.1 Å². The van der Waals surface area contributed by atoms with E-state index in [-0.39, 0.29) is 22.4 Å². The maximum Gasteiger partial charge on any atom is 0.0627 e. The summed E-state index contributed by atoms with van der Waals surface area (Å²) in [5, 5.41) is 0. The van der Waals surface area contributed by atoms with Crippen molar-refractivity contribution in [2.45, 2.75) is 84.6 Å². The number of hydrogen-bond acceptors (Lipinski definition) is 13. The zero-order valence-electron chi connectivity index (χ0n) is 47.8. The van der Waals surface area contributed by atoms with Gasteiger partial charge in [-0.05, 0) is 168 Å². The summed E-state index contributed by atoms with van der Waals surface area (Å²) in [4.78, 5) is 54.8. The van der Waals surface area contributed by atoms with Crippen LogP contribution in [-0.2, 0) is 71.4 Å². The van der Waals surface area contributed by atoms with Crippen LogP contribution in [0.2, 0.25) is 0 Å². The van der Waals surface area contributed by atoms with Crippen LogP contribution in [0.1, 0.15) is 79.1 Å². The summed E-state index contributed by atoms with van der Waals surface area (Å²) < 4.78 is 58.9. The Labute approximate surface area is 556 Å². The molecular formula is C61H64AgAu2BrClF3N14O3S-4. The average Bonchev–Trinajstić information content (AvgIpc) is 3.10. The average molecular weight is 1750 g/mol. The van der Waals surface area contributed by atoms with E-state index < -0.39 is 15.6 Å². The van der Waals surface area contributed by atoms with Gasteiger partial charge in [0.1, 0.15) is 0 Å². The molecule has 4 aromatic carbocycles. The normalized spacial score (nSPS) is 12.4. The van der Waals surface area contributed by atoms with Gasteiger partial charge in [-0.2, -0.15) is 26.5 Å². The number of benzene rings is 4. The predicted molar refractivity (Wildman–Crippen MR) is 329 cm³/mol. The zero-order valence-corrected chi connectivity index (χ0v) is 56.8. The molecule has 474 valence electrons. The molecule has 10 aromatic rings. The molecule has 17 nitrogen and oxygen atoms in total. The molecule has 26 heteroatoms. The van der Waals surface area contributed by atoms with Crippen LogP contribution in [0.25, 0.3) is 90.2 Å². The molecule has 12 rings (SSSR count). The Balaban J connectivity index is 0.000000205. The van der Waals surface area contributed by atoms with E-state index in [4.69, 9.17) is 13.0 Å². The largest absolute Gasteiger partial charge is 0.434 e. The Morgan fingerprint density at radius 3 is 0.874 bits per heavy atom. The molecular weight excluding hydrogens is 1680 g/mol. The molecule has 0 radical (unpaired) electrons. The van der Waals surface area contributed by atoms with Crippen molar-refractivity contribution in [3.63, 3.8) is 0 Å². The number of alkyl halides is 3. The van der Waals surface area contributed by atoms with Crippen LogP contribution in [0, 0.1) is 13.3 Å². The number of imidazole rings is 4. The maximum atomic E-state index is 10.7. The van der Waals surface area contributed by atoms with Gasteiger partial charge in [-0.1, -0.05) is 163 Å². The van der Waals surface area contributed by atoms with E-state index in [9.17, 15) is 13.2 Å². The fraction of sp³-hybridized carbons (Fsp3) is 0.279. The van der Waals surface area contributed by atoms with Crippen LogP contribution in [0.4, 0.5) is 13.2 Å². The smallest absolute Gasteiger partial charge is 0.0627 e. The number of aromatic nitrogens is 10. The van der Waals surface area contributed by atoms with Crippen molar-refractivity contribution in [3.05, 3.63) is 172 Å². The Morgan fingerprint density at radius 2 is 0.678 bits per heavy atom. The Bertz CT molecular complexity index is 3250. The molecule has 0 saturated carbocycles. The summed E-state index contributed by atoms with van der Waals surface area (Å²) in [6.45, 7) is 18.0. The summed E-state index contributed by atoms with van der Waals surface area (Å²) in [6.07, 6.45) is 18.9. The molecule has 0 aliphatic carbocycles. The first-order valence-electron chi connectivity index (χ1n) is 27.6. The standard InChI is InChI=1S/2C19H11N5.2C11H21N2.CHF3O3S.Ag.2Au.BrH.ClH/c2*1-2-7-13-12(6-1)21-18(22-13)16-10-5-11-17(20-16)19-23-14-8-3-4-9-15(14)24-19;2*1-3-5-7-12-9-10-13(11-12)8-6-4-2;2-1(3,4)8(5,6)7;;;;;/h2*1-11H;2*9-11H,3-8H2,1-2H3;(H,5,6,7);;;;2*1H/q2*-2;2*-1;;2*+1;+3;;/p-3. The Kier molecular flexibility index (Phi) is 31.1. The van der Waals surface area contributed by atoms with E-state index in [1.807, 2.05) is 133 Å². The second-order valence-electron chi connectivity index (χ2n) is 19.1. The van der Waals surface area contributed by atoms with Gasteiger partial charge < -0.3 is 64.0 Å². The van der Waals surface area contributed by atoms with Crippen molar-refractivity contribution < 1.29 is 87.4 Å². The number of unbranched alkanes of at least 4 members (excludes halogenated alkanes) is 4. The third-order valence-corrected chi connectivity index (χ3v) is 13.2. The first-order chi connectivity index (χ1) is 41.7. The second-order valence-corrected chi connectivity index (χ2v) is 20.4. The van der Waals surface area contributed by atoms with Crippen molar-refractivity contribution in [3.8, 4) is 46.1 Å². The van der Waals surface area contributed by atoms with Gasteiger partial charge in [0.25, 0.3) is 0 Å². The minimum atomic E-state index is -6.09. The molecule has 0 bridgehead atoms. The summed E-state index contributed by atoms with van der Waals surface area (Å²) in [7, 11) is -1.51. The van der Waals surface area contributed by atoms with E-state index in [1.165, 1.54) is 51.4 Å². The monoisotopic (exact) mass is 1740 g/mol. The fourth-order valence-electron chi connectivity index (χ4n) is 8.22. The van der Waals surface area contributed by atoms with E-state index in [1.54, 1.807) is 20.0 Å². The molecule has 0 N–H and O–H groups in total. The fourth-order valence-corrected chi connectivity index (χ4v) is 8.22. The maximum absolute atomic E-state index is 10.7. The molecule has 2 aliphatic heterocycles. The second kappa shape index (κ2) is 37.4. The third-order valence-electron chi connectivity index (χ3n) is 12.6. The van der Waals surface area contributed by atoms with Crippen molar-refractivity contribution in [2.75, 3.05) is 26.2 Å². The third kappa shape index (κ3) is 22.2. The van der Waals surface area contributed by atoms with E-state index in [2.05, 4.69) is 176 Å². The van der Waals surface area contributed by atoms with Crippen molar-refractivity contribution in [1.29, 1.82) is 0 Å². The van der Waals surface area contributed by atoms with E-state index in [0.717, 1.165) is 93.1 Å². The van der Waals surface area contributed by atoms with Crippen LogP contribution < -0.4 is 19.9 Å². The van der Waals surface area contributed by atoms with Gasteiger partial charge >= 0.3 is 89.0 Å². The Morgan fingerprint density at radius 1 is 0.460 bits per heavy atom. The first-order valence-corrected chi connectivity index (χ1v) is 35.1. The molecule has 0 spiro atoms. The zero-order chi connectivity index (χ0) is 61.9. The van der Waals surface area contributed by atoms with Gasteiger partial charge in [0.2, 0.25) is 0 Å². The van der Waals surface area contributed by atoms with Gasteiger partial charge in [-0.25, -0.2) is 18.4 Å². The van der Waals surface area contributed by atoms with Gasteiger partial charge in [-0.3, -0.25) is 0 Å². The van der Waals surface area contributed by atoms with E-state index >= 15 is 0 Å². The van der Waals surface area contributed by atoms with Crippen LogP contribution in [-0.4, -0.2) is 94.2 Å². The summed E-state index contributed by atoms with van der Waals surface area (Å²) >= 11 is 7.26. The molecule has 2 aliphatic rings. The predicted octanol–water partition coefficient (Wildman–Crippen LogP) is 14.0. The minimum absolute atomic E-state index is 0. The molecule has 0 unspecified atom stereocenters. The molecule has 0 saturated heterocycles. The number of para-hydroxylation sites is 8. The number of pyridine rings is 2. The van der Waals surface area contributed by atoms with Gasteiger partial charge in [-0.15, -0.1) is 0 Å². The van der Waals surface area contributed by atoms with Crippen LogP contribution >= 0.6 is 22.2 Å². The number of hydrogen-bond donors (Lipinski definition) is 0. The molecule has 0 atom stereocenters. The molecule has 6 aromatic heterocycles. The summed E-state index contributed by atoms with van der Waals surface area (Å²) in [5.41, 5.74) is 4.20. The molecule has 8 heterocycles. The van der Waals surface area contributed by atoms with Gasteiger partial charge in [0, 0.05) is 0 Å². The van der Waals surface area contributed by atoms with Crippen molar-refractivity contribution >= 4 is 76.5 Å². The number of fused-ring (bicyclic) bond motifs is 4. The van der Waals surface area contributed by atoms with E-state index in [0.29, 0.717) is 23.3 Å². The summed E-state index contributed by atoms with van der Waals surface area (Å²) in [5.74, 6) is 2.48. The minimum Gasteiger partial charge on any atom is -0.434 e. The number of halogens is 5. The SMILES string of the molecule is CCCCN1C=CN(CCCC)[CH-]1.CCCCN1C=CN(CCCC)[CH-]1.O=S(=O)([O-])C(F)(F)F.[Au+3].[Br][Ag].[Cl][Au].c1cc(-c2nc3ccccc3[n-]2)nc(-c2nc3ccccc3[n-]2)c1.c1cc(-c2nc3ccccc3[n-]2)nc(-c2nc3ccccc3[n-]2)c1. The topological polar surface area (TPSA) is 204 Å². The van der Waals surface area contributed by atoms with Crippen LogP contribution in [0.15, 0.2) is 158 Å². The quantitative estimate of drug-likeness (QED) is 0.0382. The number of rotatable bonds is 16. The molecule has 0 amide bonds. The molecule has 87 heavy (non-hydrogen) atoms. The van der Waals surface area contributed by atoms with Gasteiger partial charge in [0.05, 0.1) is 22.8 Å². The first kappa shape index (κ1) is 72.2. The van der Waals surface area contributed by atoms with Crippen molar-refractivity contribution in [2.24, 2.45) is 0 Å². The van der Waals surface area contributed by atoms with Crippen LogP contribution in [0.3, 0.4) is 0 Å². The summed E-state index contributed by atoms with van der Waals surface area (Å²) in [6, 6.07) is 42.7. The Hall–Kier alpha value is -5.57. The van der Waals surface area contributed by atoms with Crippen LogP contribution in [0.5, 0.6) is 0 Å². The van der Waals surface area contributed by atoms with Crippen molar-refractivity contribution in [1.82, 2.24) is 69.4 Å². The molecule has 0 fully saturated rings. The number of nitrogens with zero attached hydrogens (tertiary/aromatic N) is 14.